The molecule has 1 fully saturated rings. The first-order valence-electron chi connectivity index (χ1n) is 9.63. The van der Waals surface area contributed by atoms with E-state index in [1.165, 1.54) is 12.1 Å². The van der Waals surface area contributed by atoms with Crippen LogP contribution in [0, 0.1) is 0 Å². The quantitative estimate of drug-likeness (QED) is 0.747. The van der Waals surface area contributed by atoms with Gasteiger partial charge in [0.25, 0.3) is 0 Å². The lowest BCUT2D eigenvalue weighted by molar-refractivity contribution is 0.0697. The molecule has 28 heavy (non-hydrogen) atoms. The fourth-order valence-electron chi connectivity index (χ4n) is 3.87. The molecule has 4 rings (SSSR count). The molecule has 1 aromatic carbocycles. The number of aromatic carboxylic acids is 1. The van der Waals surface area contributed by atoms with E-state index in [1.54, 1.807) is 22.9 Å². The molecule has 0 saturated heterocycles. The van der Waals surface area contributed by atoms with Gasteiger partial charge in [0.05, 0.1) is 22.9 Å². The van der Waals surface area contributed by atoms with Crippen LogP contribution in [0.25, 0.3) is 11.3 Å². The van der Waals surface area contributed by atoms with Crippen molar-refractivity contribution in [3.63, 3.8) is 0 Å². The van der Waals surface area contributed by atoms with Crippen molar-refractivity contribution in [1.29, 1.82) is 0 Å². The lowest BCUT2D eigenvalue weighted by atomic mass is 9.86. The van der Waals surface area contributed by atoms with Crippen molar-refractivity contribution in [2.45, 2.75) is 50.5 Å². The molecule has 2 aliphatic carbocycles. The lowest BCUT2D eigenvalue weighted by Gasteiger charge is -2.24. The predicted octanol–water partition coefficient (Wildman–Crippen LogP) is 3.60. The predicted molar refractivity (Wildman–Crippen MR) is 103 cm³/mol. The number of rotatable bonds is 4. The van der Waals surface area contributed by atoms with E-state index in [9.17, 15) is 15.0 Å². The normalized spacial score (nSPS) is 22.5. The Morgan fingerprint density at radius 2 is 1.79 bits per heavy atom. The minimum atomic E-state index is -0.994. The maximum absolute atomic E-state index is 11.1. The highest BCUT2D eigenvalue weighted by Gasteiger charge is 2.30. The van der Waals surface area contributed by atoms with Crippen LogP contribution in [-0.4, -0.2) is 42.2 Å². The van der Waals surface area contributed by atoms with E-state index in [2.05, 4.69) is 5.10 Å². The van der Waals surface area contributed by atoms with Crippen LogP contribution in [0.15, 0.2) is 42.2 Å². The molecule has 2 aliphatic rings. The van der Waals surface area contributed by atoms with Crippen LogP contribution in [0.4, 0.5) is 0 Å². The molecule has 7 heteroatoms. The zero-order valence-corrected chi connectivity index (χ0v) is 15.5. The summed E-state index contributed by atoms with van der Waals surface area (Å²) in [7, 11) is 0. The Hall–Kier alpha value is -2.93. The van der Waals surface area contributed by atoms with Crippen molar-refractivity contribution >= 4 is 11.5 Å². The molecule has 1 heterocycles. The second-order valence-corrected chi connectivity index (χ2v) is 7.30. The largest absolute Gasteiger partial charge is 0.508 e. The number of carboxylic acids is 1. The minimum absolute atomic E-state index is 0.137. The Balaban J connectivity index is 1.80. The summed E-state index contributed by atoms with van der Waals surface area (Å²) in [6.07, 6.45) is 8.36. The van der Waals surface area contributed by atoms with Gasteiger partial charge in [-0.15, -0.1) is 0 Å². The number of aliphatic hydroxyl groups excluding tert-OH is 2. The number of hydrogen-bond acceptors (Lipinski definition) is 5. The van der Waals surface area contributed by atoms with Crippen LogP contribution in [-0.2, 0) is 0 Å². The molecule has 0 spiro atoms. The van der Waals surface area contributed by atoms with Gasteiger partial charge in [-0.1, -0.05) is 18.9 Å². The van der Waals surface area contributed by atoms with Gasteiger partial charge in [-0.2, -0.15) is 5.10 Å². The van der Waals surface area contributed by atoms with Gasteiger partial charge >= 0.3 is 5.97 Å². The third-order valence-corrected chi connectivity index (χ3v) is 5.41. The molecule has 3 N–H and O–H groups in total. The maximum atomic E-state index is 11.1. The Labute approximate surface area is 162 Å². The van der Waals surface area contributed by atoms with Crippen molar-refractivity contribution in [2.75, 3.05) is 0 Å². The van der Waals surface area contributed by atoms with Crippen molar-refractivity contribution in [3.05, 3.63) is 59.4 Å². The summed E-state index contributed by atoms with van der Waals surface area (Å²) in [5.74, 6) is 0.0974. The zero-order chi connectivity index (χ0) is 19.7. The number of carbonyl (C=O) groups is 1. The number of carboxylic acid groups (broad SMARTS) is 1. The zero-order valence-electron chi connectivity index (χ0n) is 15.5. The van der Waals surface area contributed by atoms with Crippen molar-refractivity contribution < 1.29 is 20.1 Å². The van der Waals surface area contributed by atoms with Gasteiger partial charge in [-0.05, 0) is 56.0 Å². The Kier molecular flexibility index (Phi) is 5.00. The van der Waals surface area contributed by atoms with Crippen LogP contribution in [0.5, 0.6) is 0 Å². The SMILES string of the molecule is O=C(O)c1ccc(-n2nc(C3CCCC[C@@H]3O)nc2C2=CCCC=C2O)cc1. The van der Waals surface area contributed by atoms with Crippen LogP contribution in [0.2, 0.25) is 0 Å². The van der Waals surface area contributed by atoms with Crippen LogP contribution in [0.1, 0.15) is 66.4 Å². The maximum Gasteiger partial charge on any atom is 0.335 e. The molecule has 2 atom stereocenters. The number of nitrogens with zero attached hydrogens (tertiary/aromatic N) is 3. The highest BCUT2D eigenvalue weighted by atomic mass is 16.4. The van der Waals surface area contributed by atoms with Gasteiger partial charge in [0.2, 0.25) is 0 Å². The lowest BCUT2D eigenvalue weighted by Crippen LogP contribution is -2.23. The first-order valence-corrected chi connectivity index (χ1v) is 9.63. The van der Waals surface area contributed by atoms with Gasteiger partial charge in [-0.25, -0.2) is 14.5 Å². The average molecular weight is 381 g/mol. The van der Waals surface area contributed by atoms with Crippen molar-refractivity contribution in [1.82, 2.24) is 14.8 Å². The van der Waals surface area contributed by atoms with Crippen LogP contribution in [0.3, 0.4) is 0 Å². The van der Waals surface area contributed by atoms with E-state index in [-0.39, 0.29) is 17.2 Å². The van der Waals surface area contributed by atoms with E-state index in [1.807, 2.05) is 6.08 Å². The summed E-state index contributed by atoms with van der Waals surface area (Å²) >= 11 is 0. The topological polar surface area (TPSA) is 108 Å². The molecular formula is C21H23N3O4. The van der Waals surface area contributed by atoms with Gasteiger partial charge < -0.3 is 15.3 Å². The van der Waals surface area contributed by atoms with E-state index >= 15 is 0 Å². The highest BCUT2D eigenvalue weighted by Crippen LogP contribution is 2.34. The Bertz CT molecular complexity index is 943. The van der Waals surface area contributed by atoms with E-state index in [4.69, 9.17) is 10.1 Å². The van der Waals surface area contributed by atoms with E-state index in [0.29, 0.717) is 22.9 Å². The van der Waals surface area contributed by atoms with E-state index < -0.39 is 12.1 Å². The molecule has 1 unspecified atom stereocenters. The summed E-state index contributed by atoms with van der Waals surface area (Å²) in [4.78, 5) is 15.8. The molecule has 2 aromatic rings. The second kappa shape index (κ2) is 7.59. The second-order valence-electron chi connectivity index (χ2n) is 7.30. The number of hydrogen-bond donors (Lipinski definition) is 3. The number of allylic oxidation sites excluding steroid dienone is 3. The molecule has 0 amide bonds. The Morgan fingerprint density at radius 1 is 1.07 bits per heavy atom. The monoisotopic (exact) mass is 381 g/mol. The Morgan fingerprint density at radius 3 is 2.46 bits per heavy atom. The molecular weight excluding hydrogens is 358 g/mol. The summed E-state index contributed by atoms with van der Waals surface area (Å²) in [6, 6.07) is 6.38. The molecule has 1 aromatic heterocycles. The van der Waals surface area contributed by atoms with Crippen LogP contribution < -0.4 is 0 Å². The van der Waals surface area contributed by atoms with Gasteiger partial charge in [0.15, 0.2) is 11.6 Å². The molecule has 146 valence electrons. The summed E-state index contributed by atoms with van der Waals surface area (Å²) in [5, 5.41) is 34.6. The molecule has 0 bridgehead atoms. The first-order chi connectivity index (χ1) is 13.5. The number of aliphatic hydroxyl groups is 2. The summed E-state index contributed by atoms with van der Waals surface area (Å²) in [6.45, 7) is 0. The van der Waals surface area contributed by atoms with Gasteiger partial charge in [0, 0.05) is 5.92 Å². The average Bonchev–Trinajstić information content (AvgIpc) is 3.13. The highest BCUT2D eigenvalue weighted by molar-refractivity contribution is 5.87. The molecule has 7 nitrogen and oxygen atoms in total. The summed E-state index contributed by atoms with van der Waals surface area (Å²) in [5.41, 5.74) is 1.45. The molecule has 1 saturated carbocycles. The van der Waals surface area contributed by atoms with Crippen molar-refractivity contribution in [3.8, 4) is 5.69 Å². The number of benzene rings is 1. The van der Waals surface area contributed by atoms with Gasteiger partial charge in [0.1, 0.15) is 5.76 Å². The third kappa shape index (κ3) is 3.45. The van der Waals surface area contributed by atoms with Gasteiger partial charge in [-0.3, -0.25) is 0 Å². The van der Waals surface area contributed by atoms with Crippen molar-refractivity contribution in [2.24, 2.45) is 0 Å². The fourth-order valence-corrected chi connectivity index (χ4v) is 3.87. The fraction of sp³-hybridized carbons (Fsp3) is 0.381. The molecule has 0 radical (unpaired) electrons. The van der Waals surface area contributed by atoms with E-state index in [0.717, 1.165) is 38.5 Å². The first kappa shape index (κ1) is 18.4. The smallest absolute Gasteiger partial charge is 0.335 e. The number of aromatic nitrogens is 3. The standard InChI is InChI=1S/C21H23N3O4/c25-17-7-3-1-5-15(17)19-22-20(16-6-2-4-8-18(16)26)24(23-19)14-11-9-13(10-12-14)21(27)28/h6,8-12,15,17,25-26H,1-5,7H2,(H,27,28)/t15?,17-/m0/s1. The third-order valence-electron chi connectivity index (χ3n) is 5.41. The summed E-state index contributed by atoms with van der Waals surface area (Å²) < 4.78 is 1.63. The minimum Gasteiger partial charge on any atom is -0.508 e. The molecule has 0 aliphatic heterocycles. The van der Waals surface area contributed by atoms with Crippen LogP contribution >= 0.6 is 0 Å².